The van der Waals surface area contributed by atoms with Gasteiger partial charge in [-0.15, -0.1) is 16.4 Å². The highest BCUT2D eigenvalue weighted by molar-refractivity contribution is 7.16. The van der Waals surface area contributed by atoms with Crippen LogP contribution >= 0.6 is 11.3 Å². The van der Waals surface area contributed by atoms with Gasteiger partial charge in [-0.2, -0.15) is 5.10 Å². The number of aryl methyl sites for hydroxylation is 1. The zero-order chi connectivity index (χ0) is 6.97. The fourth-order valence-corrected chi connectivity index (χ4v) is 1.36. The van der Waals surface area contributed by atoms with Gasteiger partial charge in [-0.25, -0.2) is 4.98 Å². The van der Waals surface area contributed by atoms with Gasteiger partial charge >= 0.3 is 0 Å². The Bertz CT molecular complexity index is 355. The van der Waals surface area contributed by atoms with E-state index in [9.17, 15) is 0 Å². The van der Waals surface area contributed by atoms with Gasteiger partial charge in [0.15, 0.2) is 4.83 Å². The number of aromatic nitrogens is 3. The van der Waals surface area contributed by atoms with E-state index < -0.39 is 0 Å². The van der Waals surface area contributed by atoms with Crippen molar-refractivity contribution >= 4 is 21.7 Å². The first-order chi connectivity index (χ1) is 4.86. The van der Waals surface area contributed by atoms with E-state index in [1.54, 1.807) is 5.51 Å². The van der Waals surface area contributed by atoms with Crippen LogP contribution in [0, 0.1) is 6.92 Å². The minimum Gasteiger partial charge on any atom is -0.243 e. The molecule has 0 aromatic carbocycles. The van der Waals surface area contributed by atoms with E-state index in [1.807, 2.05) is 13.0 Å². The highest BCUT2D eigenvalue weighted by Gasteiger charge is 1.96. The molecule has 4 heteroatoms. The zero-order valence-electron chi connectivity index (χ0n) is 5.40. The summed E-state index contributed by atoms with van der Waals surface area (Å²) in [5.74, 6) is 0. The Labute approximate surface area is 61.7 Å². The molecule has 0 fully saturated rings. The number of hydrogen-bond acceptors (Lipinski definition) is 4. The van der Waals surface area contributed by atoms with Crippen LogP contribution in [0.25, 0.3) is 10.3 Å². The monoisotopic (exact) mass is 151 g/mol. The first kappa shape index (κ1) is 5.73. The Morgan fingerprint density at radius 2 is 2.30 bits per heavy atom. The van der Waals surface area contributed by atoms with Crippen molar-refractivity contribution in [2.24, 2.45) is 0 Å². The van der Waals surface area contributed by atoms with Crippen LogP contribution in [0.4, 0.5) is 0 Å². The van der Waals surface area contributed by atoms with Crippen molar-refractivity contribution in [3.63, 3.8) is 0 Å². The second kappa shape index (κ2) is 1.98. The predicted octanol–water partition coefficient (Wildman–Crippen LogP) is 1.39. The van der Waals surface area contributed by atoms with Gasteiger partial charge in [0.1, 0.15) is 5.52 Å². The summed E-state index contributed by atoms with van der Waals surface area (Å²) in [5, 5.41) is 7.85. The van der Waals surface area contributed by atoms with Crippen LogP contribution in [0.1, 0.15) is 5.69 Å². The second-order valence-electron chi connectivity index (χ2n) is 2.03. The fourth-order valence-electron chi connectivity index (χ4n) is 0.773. The summed E-state index contributed by atoms with van der Waals surface area (Å²) < 4.78 is 0. The Hall–Kier alpha value is -1.03. The first-order valence-electron chi connectivity index (χ1n) is 2.90. The van der Waals surface area contributed by atoms with Crippen LogP contribution in [0.15, 0.2) is 11.6 Å². The zero-order valence-corrected chi connectivity index (χ0v) is 6.22. The van der Waals surface area contributed by atoms with Crippen LogP contribution in [0.5, 0.6) is 0 Å². The molecule has 0 aliphatic heterocycles. The summed E-state index contributed by atoms with van der Waals surface area (Å²) in [4.78, 5) is 5.00. The van der Waals surface area contributed by atoms with Crippen LogP contribution < -0.4 is 0 Å². The molecular weight excluding hydrogens is 146 g/mol. The van der Waals surface area contributed by atoms with Crippen molar-refractivity contribution in [2.75, 3.05) is 0 Å². The molecule has 0 N–H and O–H groups in total. The van der Waals surface area contributed by atoms with Crippen LogP contribution in [0.3, 0.4) is 0 Å². The Morgan fingerprint density at radius 3 is 3.20 bits per heavy atom. The summed E-state index contributed by atoms with van der Waals surface area (Å²) in [7, 11) is 0. The summed E-state index contributed by atoms with van der Waals surface area (Å²) in [6, 6.07) is 1.93. The molecule has 0 atom stereocenters. The maximum atomic E-state index is 4.10. The molecule has 50 valence electrons. The van der Waals surface area contributed by atoms with E-state index in [2.05, 4.69) is 15.2 Å². The molecule has 2 aromatic heterocycles. The van der Waals surface area contributed by atoms with Gasteiger partial charge in [0, 0.05) is 0 Å². The van der Waals surface area contributed by atoms with Crippen LogP contribution in [0.2, 0.25) is 0 Å². The lowest BCUT2D eigenvalue weighted by Gasteiger charge is -1.86. The maximum Gasteiger partial charge on any atom is 0.166 e. The minimum absolute atomic E-state index is 0.908. The van der Waals surface area contributed by atoms with Gasteiger partial charge in [0.2, 0.25) is 0 Å². The molecule has 0 saturated heterocycles. The topological polar surface area (TPSA) is 38.7 Å². The van der Waals surface area contributed by atoms with Crippen molar-refractivity contribution in [1.29, 1.82) is 0 Å². The smallest absolute Gasteiger partial charge is 0.166 e. The molecule has 3 nitrogen and oxygen atoms in total. The van der Waals surface area contributed by atoms with Crippen LogP contribution in [-0.2, 0) is 0 Å². The number of thiazole rings is 1. The highest BCUT2D eigenvalue weighted by Crippen LogP contribution is 2.13. The fraction of sp³-hybridized carbons (Fsp3) is 0.167. The third-order valence-corrected chi connectivity index (χ3v) is 1.94. The van der Waals surface area contributed by atoms with Crippen molar-refractivity contribution < 1.29 is 0 Å². The van der Waals surface area contributed by atoms with E-state index in [1.165, 1.54) is 11.3 Å². The number of rotatable bonds is 0. The molecule has 0 aliphatic rings. The molecule has 0 radical (unpaired) electrons. The minimum atomic E-state index is 0.908. The second-order valence-corrected chi connectivity index (χ2v) is 2.86. The summed E-state index contributed by atoms with van der Waals surface area (Å²) in [6.45, 7) is 1.91. The molecule has 0 saturated carbocycles. The molecule has 2 rings (SSSR count). The van der Waals surface area contributed by atoms with E-state index >= 15 is 0 Å². The van der Waals surface area contributed by atoms with Gasteiger partial charge in [0.25, 0.3) is 0 Å². The third kappa shape index (κ3) is 0.769. The number of nitrogens with zero attached hydrogens (tertiary/aromatic N) is 3. The molecule has 0 amide bonds. The average molecular weight is 151 g/mol. The SMILES string of the molecule is Cc1cc2ncsc2nn1. The van der Waals surface area contributed by atoms with Gasteiger partial charge in [-0.1, -0.05) is 0 Å². The third-order valence-electron chi connectivity index (χ3n) is 1.22. The standard InChI is InChI=1S/C6H5N3S/c1-4-2-5-6(9-8-4)10-3-7-5/h2-3H,1H3. The van der Waals surface area contributed by atoms with Gasteiger partial charge in [-0.3, -0.25) is 0 Å². The lowest BCUT2D eigenvalue weighted by molar-refractivity contribution is 1.02. The largest absolute Gasteiger partial charge is 0.243 e. The number of hydrogen-bond donors (Lipinski definition) is 0. The van der Waals surface area contributed by atoms with E-state index in [0.29, 0.717) is 0 Å². The molecule has 0 aliphatic carbocycles. The Morgan fingerprint density at radius 1 is 1.40 bits per heavy atom. The molecule has 2 aromatic rings. The van der Waals surface area contributed by atoms with E-state index in [4.69, 9.17) is 0 Å². The van der Waals surface area contributed by atoms with E-state index in [0.717, 1.165) is 16.0 Å². The maximum absolute atomic E-state index is 4.10. The Kier molecular flexibility index (Phi) is 1.14. The predicted molar refractivity (Wildman–Crippen MR) is 39.9 cm³/mol. The highest BCUT2D eigenvalue weighted by atomic mass is 32.1. The van der Waals surface area contributed by atoms with Crippen molar-refractivity contribution in [2.45, 2.75) is 6.92 Å². The van der Waals surface area contributed by atoms with Gasteiger partial charge < -0.3 is 0 Å². The summed E-state index contributed by atoms with van der Waals surface area (Å²) >= 11 is 1.51. The van der Waals surface area contributed by atoms with Crippen molar-refractivity contribution in [3.8, 4) is 0 Å². The molecule has 0 bridgehead atoms. The van der Waals surface area contributed by atoms with Gasteiger partial charge in [-0.05, 0) is 13.0 Å². The van der Waals surface area contributed by atoms with E-state index in [-0.39, 0.29) is 0 Å². The summed E-state index contributed by atoms with van der Waals surface area (Å²) in [6.07, 6.45) is 0. The summed E-state index contributed by atoms with van der Waals surface area (Å²) in [5.41, 5.74) is 3.63. The molecule has 10 heavy (non-hydrogen) atoms. The van der Waals surface area contributed by atoms with Gasteiger partial charge in [0.05, 0.1) is 11.2 Å². The molecular formula is C6H5N3S. The lowest BCUT2D eigenvalue weighted by Crippen LogP contribution is -1.83. The molecule has 0 unspecified atom stereocenters. The number of fused-ring (bicyclic) bond motifs is 1. The molecule has 0 spiro atoms. The van der Waals surface area contributed by atoms with Crippen molar-refractivity contribution in [1.82, 2.24) is 15.2 Å². The Balaban J connectivity index is 2.86. The van der Waals surface area contributed by atoms with Crippen molar-refractivity contribution in [3.05, 3.63) is 17.3 Å². The lowest BCUT2D eigenvalue weighted by atomic mass is 10.4. The average Bonchev–Trinajstić information content (AvgIpc) is 2.33. The van der Waals surface area contributed by atoms with Crippen LogP contribution in [-0.4, -0.2) is 15.2 Å². The quantitative estimate of drug-likeness (QED) is 0.571. The molecule has 2 heterocycles. The normalized spacial score (nSPS) is 10.5. The first-order valence-corrected chi connectivity index (χ1v) is 3.78.